The van der Waals surface area contributed by atoms with E-state index in [1.54, 1.807) is 52.3 Å². The summed E-state index contributed by atoms with van der Waals surface area (Å²) in [7, 11) is 1.55. The van der Waals surface area contributed by atoms with Gasteiger partial charge < -0.3 is 20.1 Å². The minimum absolute atomic E-state index is 0.210. The molecule has 8 heteroatoms. The summed E-state index contributed by atoms with van der Waals surface area (Å²) in [5, 5.41) is 6.16. The molecule has 0 saturated heterocycles. The van der Waals surface area contributed by atoms with Crippen LogP contribution in [0.15, 0.2) is 54.7 Å². The summed E-state index contributed by atoms with van der Waals surface area (Å²) in [6.45, 7) is 7.82. The Balaban J connectivity index is 1.82. The SMILES string of the molecule is COc1ccc(CNC(=O)c2cc(CNC(=O)OC(C)(C)C)cc(-c3ccnc(C)c3)c2)cc1Cl. The van der Waals surface area contributed by atoms with E-state index in [-0.39, 0.29) is 12.5 Å². The van der Waals surface area contributed by atoms with E-state index in [1.807, 2.05) is 37.3 Å². The van der Waals surface area contributed by atoms with E-state index in [0.717, 1.165) is 27.9 Å². The van der Waals surface area contributed by atoms with Crippen LogP contribution in [0.5, 0.6) is 5.75 Å². The van der Waals surface area contributed by atoms with E-state index in [0.29, 0.717) is 22.9 Å². The van der Waals surface area contributed by atoms with Gasteiger partial charge >= 0.3 is 6.09 Å². The number of amides is 2. The first-order valence-electron chi connectivity index (χ1n) is 11.2. The Hall–Kier alpha value is -3.58. The zero-order valence-corrected chi connectivity index (χ0v) is 21.3. The number of carbonyl (C=O) groups is 2. The molecule has 2 N–H and O–H groups in total. The minimum atomic E-state index is -0.601. The van der Waals surface area contributed by atoms with Crippen molar-refractivity contribution in [2.45, 2.75) is 46.4 Å². The average molecular weight is 496 g/mol. The van der Waals surface area contributed by atoms with Crippen LogP contribution < -0.4 is 15.4 Å². The lowest BCUT2D eigenvalue weighted by Gasteiger charge is -2.20. The third-order valence-corrected chi connectivity index (χ3v) is 5.29. The van der Waals surface area contributed by atoms with Crippen LogP contribution in [0.4, 0.5) is 4.79 Å². The Kier molecular flexibility index (Phi) is 8.35. The van der Waals surface area contributed by atoms with E-state index in [9.17, 15) is 9.59 Å². The fourth-order valence-electron chi connectivity index (χ4n) is 3.41. The van der Waals surface area contributed by atoms with Gasteiger partial charge in [-0.2, -0.15) is 0 Å². The number of alkyl carbamates (subject to hydrolysis) is 1. The molecule has 3 aromatic rings. The van der Waals surface area contributed by atoms with Crippen molar-refractivity contribution in [1.29, 1.82) is 0 Å². The number of halogens is 1. The Morgan fingerprint density at radius 2 is 1.69 bits per heavy atom. The molecule has 0 saturated carbocycles. The molecule has 0 unspecified atom stereocenters. The summed E-state index contributed by atoms with van der Waals surface area (Å²) in [5.74, 6) is 0.326. The quantitative estimate of drug-likeness (QED) is 0.440. The molecular formula is C27H30ClN3O4. The van der Waals surface area contributed by atoms with Gasteiger partial charge in [-0.05, 0) is 92.4 Å². The fourth-order valence-corrected chi connectivity index (χ4v) is 3.69. The summed E-state index contributed by atoms with van der Waals surface area (Å²) in [6.07, 6.45) is 1.20. The first-order valence-corrected chi connectivity index (χ1v) is 11.6. The molecule has 35 heavy (non-hydrogen) atoms. The lowest BCUT2D eigenvalue weighted by molar-refractivity contribution is 0.0523. The number of benzene rings is 2. The molecule has 0 aliphatic carbocycles. The molecule has 0 fully saturated rings. The maximum absolute atomic E-state index is 13.1. The van der Waals surface area contributed by atoms with Crippen LogP contribution in [-0.2, 0) is 17.8 Å². The van der Waals surface area contributed by atoms with Gasteiger partial charge in [0.2, 0.25) is 0 Å². The number of nitrogens with one attached hydrogen (secondary N) is 2. The second-order valence-electron chi connectivity index (χ2n) is 9.11. The normalized spacial score (nSPS) is 11.0. The number of carbonyl (C=O) groups excluding carboxylic acids is 2. The van der Waals surface area contributed by atoms with Gasteiger partial charge in [0.15, 0.2) is 0 Å². The van der Waals surface area contributed by atoms with Gasteiger partial charge in [0, 0.05) is 30.5 Å². The summed E-state index contributed by atoms with van der Waals surface area (Å²) in [4.78, 5) is 29.5. The number of nitrogens with zero attached hydrogens (tertiary/aromatic N) is 1. The third kappa shape index (κ3) is 7.72. The Morgan fingerprint density at radius 3 is 2.34 bits per heavy atom. The van der Waals surface area contributed by atoms with Crippen molar-refractivity contribution in [2.24, 2.45) is 0 Å². The van der Waals surface area contributed by atoms with Crippen LogP contribution in [0.25, 0.3) is 11.1 Å². The summed E-state index contributed by atoms with van der Waals surface area (Å²) in [6, 6.07) is 14.7. The second kappa shape index (κ2) is 11.2. The van der Waals surface area contributed by atoms with Crippen LogP contribution in [0.3, 0.4) is 0 Å². The maximum Gasteiger partial charge on any atom is 0.407 e. The molecule has 1 heterocycles. The minimum Gasteiger partial charge on any atom is -0.495 e. The molecule has 3 rings (SSSR count). The van der Waals surface area contributed by atoms with Crippen molar-refractivity contribution in [3.63, 3.8) is 0 Å². The Morgan fingerprint density at radius 1 is 0.943 bits per heavy atom. The molecule has 0 radical (unpaired) electrons. The average Bonchev–Trinajstić information content (AvgIpc) is 2.80. The van der Waals surface area contributed by atoms with Crippen LogP contribution in [-0.4, -0.2) is 29.7 Å². The molecule has 7 nitrogen and oxygen atoms in total. The van der Waals surface area contributed by atoms with E-state index < -0.39 is 11.7 Å². The number of ether oxygens (including phenoxy) is 2. The number of rotatable bonds is 7. The fraction of sp³-hybridized carbons (Fsp3) is 0.296. The zero-order valence-electron chi connectivity index (χ0n) is 20.6. The molecule has 0 spiro atoms. The van der Waals surface area contributed by atoms with E-state index in [1.165, 1.54) is 0 Å². The van der Waals surface area contributed by atoms with E-state index in [2.05, 4.69) is 15.6 Å². The topological polar surface area (TPSA) is 89.6 Å². The molecule has 2 amide bonds. The number of hydrogen-bond donors (Lipinski definition) is 2. The van der Waals surface area contributed by atoms with Gasteiger partial charge in [-0.3, -0.25) is 9.78 Å². The van der Waals surface area contributed by atoms with Gasteiger partial charge in [0.25, 0.3) is 5.91 Å². The van der Waals surface area contributed by atoms with Gasteiger partial charge in [0.05, 0.1) is 12.1 Å². The van der Waals surface area contributed by atoms with Gasteiger partial charge in [-0.15, -0.1) is 0 Å². The van der Waals surface area contributed by atoms with Crippen LogP contribution >= 0.6 is 11.6 Å². The van der Waals surface area contributed by atoms with Crippen LogP contribution in [0, 0.1) is 6.92 Å². The molecule has 1 aromatic heterocycles. The zero-order chi connectivity index (χ0) is 25.6. The lowest BCUT2D eigenvalue weighted by atomic mass is 9.99. The summed E-state index contributed by atoms with van der Waals surface area (Å²) in [5.41, 5.74) is 4.11. The molecule has 0 bridgehead atoms. The molecule has 0 aliphatic rings. The number of methoxy groups -OCH3 is 1. The highest BCUT2D eigenvalue weighted by atomic mass is 35.5. The van der Waals surface area contributed by atoms with Crippen molar-refractivity contribution in [2.75, 3.05) is 7.11 Å². The second-order valence-corrected chi connectivity index (χ2v) is 9.52. The number of pyridine rings is 1. The monoisotopic (exact) mass is 495 g/mol. The predicted octanol–water partition coefficient (Wildman–Crippen LogP) is 5.67. The van der Waals surface area contributed by atoms with Crippen LogP contribution in [0.1, 0.15) is 48.0 Å². The highest BCUT2D eigenvalue weighted by Gasteiger charge is 2.17. The molecular weight excluding hydrogens is 466 g/mol. The van der Waals surface area contributed by atoms with Gasteiger partial charge in [-0.25, -0.2) is 4.79 Å². The van der Waals surface area contributed by atoms with Crippen molar-refractivity contribution < 1.29 is 19.1 Å². The first kappa shape index (κ1) is 26.0. The number of hydrogen-bond acceptors (Lipinski definition) is 5. The predicted molar refractivity (Wildman–Crippen MR) is 137 cm³/mol. The molecule has 184 valence electrons. The van der Waals surface area contributed by atoms with E-state index in [4.69, 9.17) is 21.1 Å². The molecule has 0 atom stereocenters. The standard InChI is InChI=1S/C27H30ClN3O4/c1-17-10-20(8-9-29-17)21-11-19(16-31-26(33)35-27(2,3)4)12-22(14-21)25(32)30-15-18-6-7-24(34-5)23(28)13-18/h6-14H,15-16H2,1-5H3,(H,30,32)(H,31,33). The highest BCUT2D eigenvalue weighted by molar-refractivity contribution is 6.32. The van der Waals surface area contributed by atoms with Crippen molar-refractivity contribution in [3.05, 3.63) is 82.1 Å². The third-order valence-electron chi connectivity index (χ3n) is 4.99. The number of aryl methyl sites for hydroxylation is 1. The summed E-state index contributed by atoms with van der Waals surface area (Å²) < 4.78 is 10.5. The first-order chi connectivity index (χ1) is 16.5. The summed E-state index contributed by atoms with van der Waals surface area (Å²) >= 11 is 6.20. The largest absolute Gasteiger partial charge is 0.495 e. The highest BCUT2D eigenvalue weighted by Crippen LogP contribution is 2.26. The number of aromatic nitrogens is 1. The smallest absolute Gasteiger partial charge is 0.407 e. The van der Waals surface area contributed by atoms with Crippen molar-refractivity contribution in [3.8, 4) is 16.9 Å². The Labute approximate surface area is 210 Å². The van der Waals surface area contributed by atoms with Crippen LogP contribution in [0.2, 0.25) is 5.02 Å². The van der Waals surface area contributed by atoms with E-state index >= 15 is 0 Å². The Bertz CT molecular complexity index is 1220. The van der Waals surface area contributed by atoms with Gasteiger partial charge in [-0.1, -0.05) is 17.7 Å². The van der Waals surface area contributed by atoms with Crippen molar-refractivity contribution in [1.82, 2.24) is 15.6 Å². The lowest BCUT2D eigenvalue weighted by Crippen LogP contribution is -2.32. The molecule has 2 aromatic carbocycles. The van der Waals surface area contributed by atoms with Gasteiger partial charge in [0.1, 0.15) is 11.4 Å². The van der Waals surface area contributed by atoms with Crippen molar-refractivity contribution >= 4 is 23.6 Å². The maximum atomic E-state index is 13.1. The molecule has 0 aliphatic heterocycles.